The Balaban J connectivity index is 1.92. The molecule has 0 bridgehead atoms. The van der Waals surface area contributed by atoms with E-state index in [2.05, 4.69) is 22.4 Å². The second-order valence-corrected chi connectivity index (χ2v) is 4.59. The van der Waals surface area contributed by atoms with Gasteiger partial charge in [0.25, 0.3) is 0 Å². The molecule has 0 aliphatic heterocycles. The monoisotopic (exact) mass is 272 g/mol. The van der Waals surface area contributed by atoms with E-state index in [-0.39, 0.29) is 6.61 Å². The number of aliphatic hydroxyl groups excluding tert-OH is 1. The Morgan fingerprint density at radius 2 is 2.10 bits per heavy atom. The molecule has 2 N–H and O–H groups in total. The topological polar surface area (TPSA) is 54.4 Å². The number of aliphatic hydroxyl groups is 1. The quantitative estimate of drug-likeness (QED) is 0.813. The number of pyridine rings is 1. The first-order valence-corrected chi connectivity index (χ1v) is 6.74. The second kappa shape index (κ2) is 7.50. The van der Waals surface area contributed by atoms with Crippen LogP contribution in [0.4, 0.5) is 5.69 Å². The molecule has 106 valence electrons. The lowest BCUT2D eigenvalue weighted by Crippen LogP contribution is -2.01. The molecule has 1 aromatic carbocycles. The Kier molecular flexibility index (Phi) is 5.38. The lowest BCUT2D eigenvalue weighted by Gasteiger charge is -2.08. The van der Waals surface area contributed by atoms with Crippen LogP contribution < -0.4 is 10.1 Å². The van der Waals surface area contributed by atoms with Crippen LogP contribution in [-0.2, 0) is 13.0 Å². The Labute approximate surface area is 119 Å². The van der Waals surface area contributed by atoms with Gasteiger partial charge in [0.05, 0.1) is 7.11 Å². The first kappa shape index (κ1) is 14.3. The summed E-state index contributed by atoms with van der Waals surface area (Å²) in [5.41, 5.74) is 3.42. The number of anilines is 1. The summed E-state index contributed by atoms with van der Waals surface area (Å²) in [6.45, 7) is 0.954. The Hall–Kier alpha value is -2.07. The molecular formula is C16H20N2O2. The largest absolute Gasteiger partial charge is 0.481 e. The van der Waals surface area contributed by atoms with Gasteiger partial charge in [-0.25, -0.2) is 4.98 Å². The van der Waals surface area contributed by atoms with Crippen molar-refractivity contribution in [3.8, 4) is 5.88 Å². The summed E-state index contributed by atoms with van der Waals surface area (Å²) < 4.78 is 5.03. The molecule has 4 heteroatoms. The summed E-state index contributed by atoms with van der Waals surface area (Å²) in [6, 6.07) is 12.1. The summed E-state index contributed by atoms with van der Waals surface area (Å²) >= 11 is 0. The minimum absolute atomic E-state index is 0.231. The summed E-state index contributed by atoms with van der Waals surface area (Å²) in [7, 11) is 1.61. The number of rotatable bonds is 7. The van der Waals surface area contributed by atoms with Gasteiger partial charge in [-0.2, -0.15) is 0 Å². The highest BCUT2D eigenvalue weighted by molar-refractivity contribution is 5.46. The Bertz CT molecular complexity index is 526. The van der Waals surface area contributed by atoms with Crippen LogP contribution in [0.15, 0.2) is 42.6 Å². The van der Waals surface area contributed by atoms with Gasteiger partial charge in [0, 0.05) is 31.1 Å². The van der Waals surface area contributed by atoms with Crippen LogP contribution in [0.2, 0.25) is 0 Å². The highest BCUT2D eigenvalue weighted by Crippen LogP contribution is 2.14. The normalized spacial score (nSPS) is 10.3. The molecule has 20 heavy (non-hydrogen) atoms. The van der Waals surface area contributed by atoms with Gasteiger partial charge in [0.2, 0.25) is 5.88 Å². The standard InChI is InChI=1S/C16H20N2O2/c1-20-16-8-7-14(12-18-16)11-17-15-6-2-4-13(10-15)5-3-9-19/h2,4,6-8,10,12,17,19H,3,5,9,11H2,1H3. The Morgan fingerprint density at radius 1 is 1.20 bits per heavy atom. The molecule has 0 amide bonds. The van der Waals surface area contributed by atoms with Crippen LogP contribution in [0.5, 0.6) is 5.88 Å². The predicted molar refractivity (Wildman–Crippen MR) is 80.0 cm³/mol. The molecule has 0 fully saturated rings. The van der Waals surface area contributed by atoms with E-state index in [0.29, 0.717) is 5.88 Å². The summed E-state index contributed by atoms with van der Waals surface area (Å²) in [6.07, 6.45) is 3.50. The minimum Gasteiger partial charge on any atom is -0.481 e. The maximum atomic E-state index is 8.86. The fourth-order valence-corrected chi connectivity index (χ4v) is 1.96. The van der Waals surface area contributed by atoms with Crippen LogP contribution in [0.25, 0.3) is 0 Å². The zero-order valence-electron chi connectivity index (χ0n) is 11.7. The maximum Gasteiger partial charge on any atom is 0.212 e. The molecule has 2 rings (SSSR count). The molecule has 0 atom stereocenters. The van der Waals surface area contributed by atoms with E-state index in [1.54, 1.807) is 13.3 Å². The van der Waals surface area contributed by atoms with E-state index < -0.39 is 0 Å². The molecule has 0 unspecified atom stereocenters. The lowest BCUT2D eigenvalue weighted by atomic mass is 10.1. The van der Waals surface area contributed by atoms with Crippen molar-refractivity contribution >= 4 is 5.69 Å². The number of hydrogen-bond donors (Lipinski definition) is 2. The fourth-order valence-electron chi connectivity index (χ4n) is 1.96. The molecule has 4 nitrogen and oxygen atoms in total. The molecule has 0 aliphatic carbocycles. The number of benzene rings is 1. The number of nitrogens with one attached hydrogen (secondary N) is 1. The number of hydrogen-bond acceptors (Lipinski definition) is 4. The van der Waals surface area contributed by atoms with Crippen molar-refractivity contribution in [3.63, 3.8) is 0 Å². The third-order valence-corrected chi connectivity index (χ3v) is 3.05. The molecule has 0 aliphatic rings. The van der Waals surface area contributed by atoms with Crippen LogP contribution in [0.1, 0.15) is 17.5 Å². The number of ether oxygens (including phenoxy) is 1. The van der Waals surface area contributed by atoms with Gasteiger partial charge in [0.1, 0.15) is 0 Å². The minimum atomic E-state index is 0.231. The first-order chi connectivity index (χ1) is 9.81. The van der Waals surface area contributed by atoms with Crippen molar-refractivity contribution in [2.24, 2.45) is 0 Å². The van der Waals surface area contributed by atoms with Crippen molar-refractivity contribution < 1.29 is 9.84 Å². The predicted octanol–water partition coefficient (Wildman–Crippen LogP) is 2.63. The lowest BCUT2D eigenvalue weighted by molar-refractivity contribution is 0.288. The molecule has 2 aromatic rings. The van der Waals surface area contributed by atoms with Gasteiger partial charge in [-0.15, -0.1) is 0 Å². The van der Waals surface area contributed by atoms with Crippen molar-refractivity contribution in [1.82, 2.24) is 4.98 Å². The van der Waals surface area contributed by atoms with Crippen molar-refractivity contribution in [1.29, 1.82) is 0 Å². The summed E-state index contributed by atoms with van der Waals surface area (Å²) in [5, 5.41) is 12.2. The van der Waals surface area contributed by atoms with Crippen LogP contribution in [0.3, 0.4) is 0 Å². The molecule has 0 saturated carbocycles. The van der Waals surface area contributed by atoms with Gasteiger partial charge in [0.15, 0.2) is 0 Å². The zero-order chi connectivity index (χ0) is 14.2. The van der Waals surface area contributed by atoms with E-state index in [1.807, 2.05) is 24.3 Å². The van der Waals surface area contributed by atoms with E-state index in [0.717, 1.165) is 30.6 Å². The fraction of sp³-hybridized carbons (Fsp3) is 0.312. The maximum absolute atomic E-state index is 8.86. The second-order valence-electron chi connectivity index (χ2n) is 4.59. The highest BCUT2D eigenvalue weighted by atomic mass is 16.5. The average Bonchev–Trinajstić information content (AvgIpc) is 2.52. The van der Waals surface area contributed by atoms with Gasteiger partial charge in [-0.1, -0.05) is 18.2 Å². The number of nitrogens with zero attached hydrogens (tertiary/aromatic N) is 1. The van der Waals surface area contributed by atoms with E-state index in [4.69, 9.17) is 9.84 Å². The van der Waals surface area contributed by atoms with E-state index >= 15 is 0 Å². The SMILES string of the molecule is COc1ccc(CNc2cccc(CCCO)c2)cn1. The van der Waals surface area contributed by atoms with E-state index in [1.165, 1.54) is 5.56 Å². The Morgan fingerprint density at radius 3 is 2.80 bits per heavy atom. The van der Waals surface area contributed by atoms with Gasteiger partial charge >= 0.3 is 0 Å². The first-order valence-electron chi connectivity index (χ1n) is 6.74. The van der Waals surface area contributed by atoms with Gasteiger partial charge in [-0.05, 0) is 36.1 Å². The van der Waals surface area contributed by atoms with E-state index in [9.17, 15) is 0 Å². The van der Waals surface area contributed by atoms with Crippen LogP contribution in [-0.4, -0.2) is 23.8 Å². The third kappa shape index (κ3) is 4.24. The number of aromatic nitrogens is 1. The molecule has 0 radical (unpaired) electrons. The van der Waals surface area contributed by atoms with Gasteiger partial charge < -0.3 is 15.2 Å². The van der Waals surface area contributed by atoms with Crippen molar-refractivity contribution in [2.45, 2.75) is 19.4 Å². The summed E-state index contributed by atoms with van der Waals surface area (Å²) in [4.78, 5) is 4.18. The van der Waals surface area contributed by atoms with Crippen LogP contribution >= 0.6 is 0 Å². The van der Waals surface area contributed by atoms with Gasteiger partial charge in [-0.3, -0.25) is 0 Å². The van der Waals surface area contributed by atoms with Crippen molar-refractivity contribution in [2.75, 3.05) is 19.0 Å². The number of aryl methyl sites for hydroxylation is 1. The third-order valence-electron chi connectivity index (χ3n) is 3.05. The van der Waals surface area contributed by atoms with Crippen molar-refractivity contribution in [3.05, 3.63) is 53.7 Å². The average molecular weight is 272 g/mol. The number of methoxy groups -OCH3 is 1. The zero-order valence-corrected chi connectivity index (χ0v) is 11.7. The molecule has 1 heterocycles. The van der Waals surface area contributed by atoms with Crippen LogP contribution in [0, 0.1) is 0 Å². The molecule has 0 spiro atoms. The smallest absolute Gasteiger partial charge is 0.212 e. The summed E-state index contributed by atoms with van der Waals surface area (Å²) in [5.74, 6) is 0.625. The highest BCUT2D eigenvalue weighted by Gasteiger charge is 1.98. The molecule has 1 aromatic heterocycles. The molecule has 0 saturated heterocycles. The molecular weight excluding hydrogens is 252 g/mol.